The van der Waals surface area contributed by atoms with Crippen LogP contribution in [0.5, 0.6) is 0 Å². The first-order valence-electron chi connectivity index (χ1n) is 9.04. The summed E-state index contributed by atoms with van der Waals surface area (Å²) in [7, 11) is 0. The van der Waals surface area contributed by atoms with Gasteiger partial charge in [-0.3, -0.25) is 0 Å². The Labute approximate surface area is 159 Å². The lowest BCUT2D eigenvalue weighted by Crippen LogP contribution is -2.49. The number of amides is 1. The highest BCUT2D eigenvalue weighted by Crippen LogP contribution is 2.29. The van der Waals surface area contributed by atoms with E-state index in [1.165, 1.54) is 0 Å². The Balaban J connectivity index is 2.12. The molecule has 0 saturated heterocycles. The van der Waals surface area contributed by atoms with Crippen molar-refractivity contribution in [2.45, 2.75) is 65.2 Å². The molecule has 0 aliphatic heterocycles. The molecule has 0 saturated carbocycles. The van der Waals surface area contributed by atoms with Crippen LogP contribution in [0.1, 0.15) is 45.7 Å². The van der Waals surface area contributed by atoms with Gasteiger partial charge in [-0.25, -0.2) is 14.4 Å². The van der Waals surface area contributed by atoms with Crippen molar-refractivity contribution in [3.05, 3.63) is 35.4 Å². The van der Waals surface area contributed by atoms with Crippen molar-refractivity contribution in [2.24, 2.45) is 5.92 Å². The molecule has 1 aromatic carbocycles. The van der Waals surface area contributed by atoms with E-state index in [0.717, 1.165) is 11.1 Å². The van der Waals surface area contributed by atoms with E-state index in [-0.39, 0.29) is 5.92 Å². The lowest BCUT2D eigenvalue weighted by Gasteiger charge is -2.25. The lowest BCUT2D eigenvalue weighted by molar-refractivity contribution is -0.144. The maximum absolute atomic E-state index is 12.6. The van der Waals surface area contributed by atoms with Crippen LogP contribution in [0.4, 0.5) is 9.59 Å². The number of ether oxygens (including phenoxy) is 3. The summed E-state index contributed by atoms with van der Waals surface area (Å²) in [6.45, 7) is 8.48. The third-order valence-electron chi connectivity index (χ3n) is 4.00. The first kappa shape index (κ1) is 20.7. The molecule has 0 heterocycles. The van der Waals surface area contributed by atoms with Crippen LogP contribution in [0, 0.1) is 5.92 Å². The number of hydrogen-bond acceptors (Lipinski definition) is 6. The fraction of sp³-hybridized carbons (Fsp3) is 0.550. The summed E-state index contributed by atoms with van der Waals surface area (Å²) in [6, 6.07) is 6.80. The zero-order valence-corrected chi connectivity index (χ0v) is 16.4. The predicted molar refractivity (Wildman–Crippen MR) is 98.2 cm³/mol. The number of rotatable bonds is 4. The second-order valence-corrected chi connectivity index (χ2v) is 7.90. The summed E-state index contributed by atoms with van der Waals surface area (Å²) in [6.07, 6.45) is -1.06. The van der Waals surface area contributed by atoms with E-state index in [0.29, 0.717) is 12.8 Å². The van der Waals surface area contributed by atoms with Crippen molar-refractivity contribution in [1.29, 1.82) is 0 Å². The van der Waals surface area contributed by atoms with Crippen LogP contribution in [0.2, 0.25) is 0 Å². The minimum atomic E-state index is -1.08. The Morgan fingerprint density at radius 3 is 2.11 bits per heavy atom. The highest BCUT2D eigenvalue weighted by Gasteiger charge is 2.37. The molecular weight excluding hydrogens is 350 g/mol. The van der Waals surface area contributed by atoms with Gasteiger partial charge in [0.25, 0.3) is 0 Å². The number of carbonyl (C=O) groups excluding carboxylic acids is 3. The molecule has 1 aromatic rings. The van der Waals surface area contributed by atoms with E-state index < -0.39 is 36.0 Å². The number of carbonyl (C=O) groups is 3. The van der Waals surface area contributed by atoms with Gasteiger partial charge in [-0.15, -0.1) is 0 Å². The molecule has 7 nitrogen and oxygen atoms in total. The van der Waals surface area contributed by atoms with E-state index in [9.17, 15) is 14.4 Å². The molecular formula is C20H27NO6. The Hall–Kier alpha value is -2.57. The summed E-state index contributed by atoms with van der Waals surface area (Å²) < 4.78 is 14.9. The third kappa shape index (κ3) is 6.27. The topological polar surface area (TPSA) is 90.9 Å². The Bertz CT molecular complexity index is 682. The van der Waals surface area contributed by atoms with Crippen molar-refractivity contribution in [3.8, 4) is 0 Å². The Kier molecular flexibility index (Phi) is 6.46. The molecule has 0 radical (unpaired) electrons. The van der Waals surface area contributed by atoms with Gasteiger partial charge in [0.15, 0.2) is 0 Å². The van der Waals surface area contributed by atoms with E-state index in [2.05, 4.69) is 5.32 Å². The van der Waals surface area contributed by atoms with E-state index in [1.54, 1.807) is 34.6 Å². The zero-order valence-electron chi connectivity index (χ0n) is 16.4. The van der Waals surface area contributed by atoms with Crippen LogP contribution in [0.3, 0.4) is 0 Å². The van der Waals surface area contributed by atoms with Crippen LogP contribution in [-0.4, -0.2) is 36.0 Å². The SMILES string of the molecule is CC(C)OC(=O)OC(=O)[C@@H](NC(=O)OC(C)(C)C)C1Cc2ccccc2C1. The summed E-state index contributed by atoms with van der Waals surface area (Å²) in [5.74, 6) is -1.10. The number of esters is 1. The summed E-state index contributed by atoms with van der Waals surface area (Å²) in [4.78, 5) is 36.5. The molecule has 0 aromatic heterocycles. The van der Waals surface area contributed by atoms with Gasteiger partial charge >= 0.3 is 18.2 Å². The normalized spacial score (nSPS) is 15.0. The number of hydrogen-bond donors (Lipinski definition) is 1. The van der Waals surface area contributed by atoms with Crippen LogP contribution in [-0.2, 0) is 31.8 Å². The summed E-state index contributed by atoms with van der Waals surface area (Å²) in [5, 5.41) is 2.57. The second kappa shape index (κ2) is 8.41. The first-order valence-corrected chi connectivity index (χ1v) is 9.04. The van der Waals surface area contributed by atoms with E-state index in [4.69, 9.17) is 14.2 Å². The largest absolute Gasteiger partial charge is 0.516 e. The Morgan fingerprint density at radius 2 is 1.63 bits per heavy atom. The lowest BCUT2D eigenvalue weighted by atomic mass is 9.96. The molecule has 2 rings (SSSR count). The maximum Gasteiger partial charge on any atom is 0.516 e. The molecule has 1 amide bonds. The molecule has 0 spiro atoms. The fourth-order valence-electron chi connectivity index (χ4n) is 2.99. The van der Waals surface area contributed by atoms with Crippen LogP contribution >= 0.6 is 0 Å². The second-order valence-electron chi connectivity index (χ2n) is 7.90. The molecule has 0 fully saturated rings. The third-order valence-corrected chi connectivity index (χ3v) is 4.00. The number of nitrogens with one attached hydrogen (secondary N) is 1. The highest BCUT2D eigenvalue weighted by molar-refractivity contribution is 5.88. The monoisotopic (exact) mass is 377 g/mol. The van der Waals surface area contributed by atoms with Gasteiger partial charge < -0.3 is 19.5 Å². The van der Waals surface area contributed by atoms with Crippen molar-refractivity contribution in [1.82, 2.24) is 5.32 Å². The molecule has 1 aliphatic carbocycles. The predicted octanol–water partition coefficient (Wildman–Crippen LogP) is 3.38. The van der Waals surface area contributed by atoms with Gasteiger partial charge in [0.2, 0.25) is 0 Å². The van der Waals surface area contributed by atoms with E-state index in [1.807, 2.05) is 24.3 Å². The standard InChI is InChI=1S/C20H27NO6/c1-12(2)25-19(24)26-17(22)16(21-18(23)27-20(3,4)5)15-10-13-8-6-7-9-14(13)11-15/h6-9,12,15-16H,10-11H2,1-5H3,(H,21,23)/t16-/m0/s1. The van der Waals surface area contributed by atoms with Crippen LogP contribution < -0.4 is 5.32 Å². The first-order chi connectivity index (χ1) is 12.5. The number of fused-ring (bicyclic) bond motifs is 1. The van der Waals surface area contributed by atoms with E-state index >= 15 is 0 Å². The number of benzene rings is 1. The molecule has 148 valence electrons. The zero-order chi connectivity index (χ0) is 20.2. The van der Waals surface area contributed by atoms with Crippen molar-refractivity contribution in [2.75, 3.05) is 0 Å². The van der Waals surface area contributed by atoms with Gasteiger partial charge in [0.05, 0.1) is 6.10 Å². The number of alkyl carbamates (subject to hydrolysis) is 1. The maximum atomic E-state index is 12.6. The van der Waals surface area contributed by atoms with Crippen molar-refractivity contribution < 1.29 is 28.6 Å². The van der Waals surface area contributed by atoms with Crippen LogP contribution in [0.25, 0.3) is 0 Å². The quantitative estimate of drug-likeness (QED) is 0.639. The molecule has 7 heteroatoms. The highest BCUT2D eigenvalue weighted by atomic mass is 16.7. The average molecular weight is 377 g/mol. The molecule has 1 aliphatic rings. The van der Waals surface area contributed by atoms with Gasteiger partial charge in [-0.05, 0) is 64.5 Å². The molecule has 0 unspecified atom stereocenters. The molecule has 0 bridgehead atoms. The van der Waals surface area contributed by atoms with Gasteiger partial charge in [0.1, 0.15) is 11.6 Å². The van der Waals surface area contributed by atoms with Crippen molar-refractivity contribution in [3.63, 3.8) is 0 Å². The minimum Gasteiger partial charge on any atom is -0.444 e. The van der Waals surface area contributed by atoms with Crippen molar-refractivity contribution >= 4 is 18.2 Å². The Morgan fingerprint density at radius 1 is 1.07 bits per heavy atom. The van der Waals surface area contributed by atoms with Gasteiger partial charge in [0, 0.05) is 0 Å². The smallest absolute Gasteiger partial charge is 0.444 e. The summed E-state index contributed by atoms with van der Waals surface area (Å²) >= 11 is 0. The molecule has 27 heavy (non-hydrogen) atoms. The van der Waals surface area contributed by atoms with Gasteiger partial charge in [-0.1, -0.05) is 24.3 Å². The fourth-order valence-corrected chi connectivity index (χ4v) is 2.99. The molecule has 1 N–H and O–H groups in total. The minimum absolute atomic E-state index is 0.241. The average Bonchev–Trinajstić information content (AvgIpc) is 2.93. The van der Waals surface area contributed by atoms with Gasteiger partial charge in [-0.2, -0.15) is 0 Å². The molecule has 1 atom stereocenters. The summed E-state index contributed by atoms with van der Waals surface area (Å²) in [5.41, 5.74) is 1.50. The van der Waals surface area contributed by atoms with Crippen LogP contribution in [0.15, 0.2) is 24.3 Å².